The van der Waals surface area contributed by atoms with Crippen LogP contribution in [0.2, 0.25) is 0 Å². The zero-order valence-electron chi connectivity index (χ0n) is 14.0. The Hall–Kier alpha value is -2.74. The Morgan fingerprint density at radius 1 is 1.48 bits per heavy atom. The summed E-state index contributed by atoms with van der Waals surface area (Å²) >= 11 is 0. The molecule has 1 aliphatic rings. The Morgan fingerprint density at radius 3 is 2.88 bits per heavy atom. The molecule has 1 unspecified atom stereocenters. The van der Waals surface area contributed by atoms with Gasteiger partial charge in [0.05, 0.1) is 17.1 Å². The zero-order valence-corrected chi connectivity index (χ0v) is 14.0. The van der Waals surface area contributed by atoms with Gasteiger partial charge in [0.1, 0.15) is 5.69 Å². The number of likely N-dealkylation sites (tertiary alicyclic amines) is 1. The fraction of sp³-hybridized carbons (Fsp3) is 0.412. The number of nitrogens with one attached hydrogen (secondary N) is 1. The smallest absolute Gasteiger partial charge is 0.290 e. The predicted molar refractivity (Wildman–Crippen MR) is 91.4 cm³/mol. The molecular formula is C17H21N3O5. The molecule has 1 aromatic heterocycles. The van der Waals surface area contributed by atoms with E-state index < -0.39 is 0 Å². The van der Waals surface area contributed by atoms with Crippen molar-refractivity contribution in [1.82, 2.24) is 14.9 Å². The third-order valence-corrected chi connectivity index (χ3v) is 4.08. The van der Waals surface area contributed by atoms with Crippen LogP contribution in [0.4, 0.5) is 0 Å². The number of carbonyl (C=O) groups excluding carboxylic acids is 1. The minimum Gasteiger partial charge on any atom is -0.483 e. The third-order valence-electron chi connectivity index (χ3n) is 4.08. The molecule has 3 rings (SSSR count). The molecule has 1 atom stereocenters. The van der Waals surface area contributed by atoms with Crippen LogP contribution in [0.5, 0.6) is 0 Å². The maximum absolute atomic E-state index is 12.2. The number of ether oxygens (including phenoxy) is 1. The lowest BCUT2D eigenvalue weighted by Gasteiger charge is -2.15. The minimum atomic E-state index is -0.250. The second-order valence-electron chi connectivity index (χ2n) is 5.62. The SMILES string of the molecule is COC1CCN(C(=O)CCc2nc3ccccc3[nH]c2=O)C1.O=CO. The quantitative estimate of drug-likeness (QED) is 0.791. The summed E-state index contributed by atoms with van der Waals surface area (Å²) in [7, 11) is 1.66. The van der Waals surface area contributed by atoms with Crippen molar-refractivity contribution in [3.63, 3.8) is 0 Å². The van der Waals surface area contributed by atoms with E-state index in [1.807, 2.05) is 24.3 Å². The van der Waals surface area contributed by atoms with Crippen molar-refractivity contribution in [2.45, 2.75) is 25.4 Å². The van der Waals surface area contributed by atoms with Gasteiger partial charge in [0.2, 0.25) is 5.91 Å². The van der Waals surface area contributed by atoms with Crippen LogP contribution in [0.15, 0.2) is 29.1 Å². The van der Waals surface area contributed by atoms with Crippen LogP contribution < -0.4 is 5.56 Å². The second kappa shape index (κ2) is 8.93. The number of methoxy groups -OCH3 is 1. The molecule has 1 fully saturated rings. The highest BCUT2D eigenvalue weighted by molar-refractivity contribution is 5.77. The Bertz CT molecular complexity index is 789. The fourth-order valence-corrected chi connectivity index (χ4v) is 2.77. The molecule has 1 aromatic carbocycles. The van der Waals surface area contributed by atoms with Gasteiger partial charge in [0.25, 0.3) is 12.0 Å². The van der Waals surface area contributed by atoms with Gasteiger partial charge in [-0.05, 0) is 18.6 Å². The number of fused-ring (bicyclic) bond motifs is 1. The van der Waals surface area contributed by atoms with E-state index in [0.717, 1.165) is 18.5 Å². The topological polar surface area (TPSA) is 113 Å². The number of H-pyrrole nitrogens is 1. The average Bonchev–Trinajstić information content (AvgIpc) is 3.09. The van der Waals surface area contributed by atoms with Crippen molar-refractivity contribution in [3.05, 3.63) is 40.3 Å². The highest BCUT2D eigenvalue weighted by Gasteiger charge is 2.25. The maximum atomic E-state index is 12.2. The first kappa shape index (κ1) is 18.6. The van der Waals surface area contributed by atoms with Gasteiger partial charge in [-0.3, -0.25) is 14.4 Å². The van der Waals surface area contributed by atoms with Crippen molar-refractivity contribution in [2.24, 2.45) is 0 Å². The van der Waals surface area contributed by atoms with E-state index in [9.17, 15) is 9.59 Å². The summed E-state index contributed by atoms with van der Waals surface area (Å²) in [6.07, 6.45) is 1.65. The van der Waals surface area contributed by atoms with Crippen LogP contribution in [0, 0.1) is 0 Å². The number of amides is 1. The first-order valence-electron chi connectivity index (χ1n) is 7.95. The van der Waals surface area contributed by atoms with Gasteiger partial charge < -0.3 is 19.7 Å². The van der Waals surface area contributed by atoms with E-state index in [1.165, 1.54) is 0 Å². The molecule has 0 bridgehead atoms. The number of hydrogen-bond acceptors (Lipinski definition) is 5. The van der Waals surface area contributed by atoms with Crippen LogP contribution >= 0.6 is 0 Å². The largest absolute Gasteiger partial charge is 0.483 e. The van der Waals surface area contributed by atoms with Crippen molar-refractivity contribution in [2.75, 3.05) is 20.2 Å². The molecule has 1 saturated heterocycles. The van der Waals surface area contributed by atoms with Crippen molar-refractivity contribution in [1.29, 1.82) is 0 Å². The molecule has 8 nitrogen and oxygen atoms in total. The highest BCUT2D eigenvalue weighted by Crippen LogP contribution is 2.14. The van der Waals surface area contributed by atoms with Gasteiger partial charge in [-0.15, -0.1) is 0 Å². The first-order valence-corrected chi connectivity index (χ1v) is 7.95. The van der Waals surface area contributed by atoms with E-state index in [1.54, 1.807) is 12.0 Å². The molecule has 134 valence electrons. The van der Waals surface area contributed by atoms with Gasteiger partial charge in [-0.1, -0.05) is 12.1 Å². The Labute approximate surface area is 144 Å². The standard InChI is InChI=1S/C16H19N3O3.CH2O2/c1-22-11-8-9-19(10-11)15(20)7-6-14-16(21)18-13-5-3-2-4-12(13)17-14;2-1-3/h2-5,11H,6-10H2,1H3,(H,18,21);1H,(H,2,3). The van der Waals surface area contributed by atoms with E-state index >= 15 is 0 Å². The summed E-state index contributed by atoms with van der Waals surface area (Å²) in [5.74, 6) is 0.0499. The van der Waals surface area contributed by atoms with Gasteiger partial charge in [-0.25, -0.2) is 4.98 Å². The molecule has 2 heterocycles. The average molecular weight is 347 g/mol. The number of aromatic amines is 1. The van der Waals surface area contributed by atoms with Gasteiger partial charge in [0, 0.05) is 33.0 Å². The maximum Gasteiger partial charge on any atom is 0.290 e. The molecule has 0 radical (unpaired) electrons. The molecule has 1 amide bonds. The van der Waals surface area contributed by atoms with Crippen LogP contribution in [-0.4, -0.2) is 58.7 Å². The van der Waals surface area contributed by atoms with Gasteiger partial charge >= 0.3 is 0 Å². The van der Waals surface area contributed by atoms with Crippen molar-refractivity contribution in [3.8, 4) is 0 Å². The third kappa shape index (κ3) is 4.87. The van der Waals surface area contributed by atoms with E-state index in [0.29, 0.717) is 30.6 Å². The molecular weight excluding hydrogens is 326 g/mol. The van der Waals surface area contributed by atoms with E-state index in [4.69, 9.17) is 14.6 Å². The lowest BCUT2D eigenvalue weighted by molar-refractivity contribution is -0.130. The molecule has 2 N–H and O–H groups in total. The Morgan fingerprint density at radius 2 is 2.20 bits per heavy atom. The van der Waals surface area contributed by atoms with Crippen LogP contribution in [0.25, 0.3) is 11.0 Å². The summed E-state index contributed by atoms with van der Waals surface area (Å²) in [6, 6.07) is 7.38. The summed E-state index contributed by atoms with van der Waals surface area (Å²) < 4.78 is 5.26. The number of rotatable bonds is 4. The Balaban J connectivity index is 0.000000701. The van der Waals surface area contributed by atoms with Crippen LogP contribution in [0.1, 0.15) is 18.5 Å². The number of para-hydroxylation sites is 2. The summed E-state index contributed by atoms with van der Waals surface area (Å²) in [5.41, 5.74) is 1.65. The number of hydrogen-bond donors (Lipinski definition) is 2. The fourth-order valence-electron chi connectivity index (χ4n) is 2.77. The summed E-state index contributed by atoms with van der Waals surface area (Å²) in [5, 5.41) is 6.89. The zero-order chi connectivity index (χ0) is 18.2. The number of aromatic nitrogens is 2. The van der Waals surface area contributed by atoms with E-state index in [-0.39, 0.29) is 24.0 Å². The van der Waals surface area contributed by atoms with Crippen LogP contribution in [0.3, 0.4) is 0 Å². The number of carbonyl (C=O) groups is 2. The van der Waals surface area contributed by atoms with Crippen molar-refractivity contribution >= 4 is 23.4 Å². The number of nitrogens with zero attached hydrogens (tertiary/aromatic N) is 2. The summed E-state index contributed by atoms with van der Waals surface area (Å²) in [6.45, 7) is 1.11. The second-order valence-corrected chi connectivity index (χ2v) is 5.62. The molecule has 0 saturated carbocycles. The molecule has 2 aromatic rings. The highest BCUT2D eigenvalue weighted by atomic mass is 16.5. The monoisotopic (exact) mass is 347 g/mol. The number of benzene rings is 1. The molecule has 0 aliphatic carbocycles. The molecule has 25 heavy (non-hydrogen) atoms. The summed E-state index contributed by atoms with van der Waals surface area (Å²) in [4.78, 5) is 41.5. The number of carboxylic acid groups (broad SMARTS) is 1. The van der Waals surface area contributed by atoms with E-state index in [2.05, 4.69) is 9.97 Å². The van der Waals surface area contributed by atoms with Crippen molar-refractivity contribution < 1.29 is 19.4 Å². The van der Waals surface area contributed by atoms with Gasteiger partial charge in [-0.2, -0.15) is 0 Å². The van der Waals surface area contributed by atoms with Gasteiger partial charge in [0.15, 0.2) is 0 Å². The normalized spacial score (nSPS) is 16.4. The lowest BCUT2D eigenvalue weighted by atomic mass is 10.2. The first-order chi connectivity index (χ1) is 12.1. The molecule has 8 heteroatoms. The number of aryl methyl sites for hydroxylation is 1. The lowest BCUT2D eigenvalue weighted by Crippen LogP contribution is -2.30. The van der Waals surface area contributed by atoms with Crippen LogP contribution in [-0.2, 0) is 20.7 Å². The Kier molecular flexibility index (Phi) is 6.64. The predicted octanol–water partition coefficient (Wildman–Crippen LogP) is 0.804. The molecule has 0 spiro atoms. The molecule has 1 aliphatic heterocycles. The minimum absolute atomic E-state index is 0.0499.